The number of nitrogens with two attached hydrogens (primary N) is 1. The SMILES string of the molecule is Cc1ccc(-c2noc(CN)n2)cc1NC(=O)c1cnc2ccc(CCC(=O)O)cn12. The Morgan fingerprint density at radius 1 is 1.26 bits per heavy atom. The molecule has 0 atom stereocenters. The summed E-state index contributed by atoms with van der Waals surface area (Å²) in [5, 5.41) is 15.7. The molecule has 0 spiro atoms. The second-order valence-electron chi connectivity index (χ2n) is 7.00. The molecular formula is C21H20N6O4. The van der Waals surface area contributed by atoms with Gasteiger partial charge in [-0.05, 0) is 36.6 Å². The van der Waals surface area contributed by atoms with Gasteiger partial charge in [-0.15, -0.1) is 0 Å². The molecule has 3 aromatic heterocycles. The van der Waals surface area contributed by atoms with Crippen LogP contribution in [0.15, 0.2) is 47.2 Å². The van der Waals surface area contributed by atoms with Gasteiger partial charge in [-0.3, -0.25) is 14.0 Å². The van der Waals surface area contributed by atoms with E-state index in [2.05, 4.69) is 20.4 Å². The first kappa shape index (κ1) is 20.2. The molecule has 0 fully saturated rings. The van der Waals surface area contributed by atoms with Crippen molar-refractivity contribution in [2.75, 3.05) is 5.32 Å². The summed E-state index contributed by atoms with van der Waals surface area (Å²) in [6.07, 6.45) is 3.59. The highest BCUT2D eigenvalue weighted by atomic mass is 16.5. The first-order valence-corrected chi connectivity index (χ1v) is 9.57. The number of nitrogens with one attached hydrogen (secondary N) is 1. The molecule has 10 heteroatoms. The van der Waals surface area contributed by atoms with Crippen molar-refractivity contribution in [3.8, 4) is 11.4 Å². The highest BCUT2D eigenvalue weighted by molar-refractivity contribution is 6.04. The molecule has 0 saturated heterocycles. The fourth-order valence-electron chi connectivity index (χ4n) is 3.13. The van der Waals surface area contributed by atoms with E-state index in [0.717, 1.165) is 11.1 Å². The molecule has 3 heterocycles. The van der Waals surface area contributed by atoms with E-state index >= 15 is 0 Å². The molecule has 0 aliphatic heterocycles. The number of carboxylic acid groups (broad SMARTS) is 1. The van der Waals surface area contributed by atoms with Crippen molar-refractivity contribution >= 4 is 23.2 Å². The molecule has 4 N–H and O–H groups in total. The smallest absolute Gasteiger partial charge is 0.303 e. The number of hydrogen-bond donors (Lipinski definition) is 3. The van der Waals surface area contributed by atoms with Crippen LogP contribution in [0.3, 0.4) is 0 Å². The number of aryl methyl sites for hydroxylation is 2. The van der Waals surface area contributed by atoms with Crippen molar-refractivity contribution in [2.45, 2.75) is 26.3 Å². The van der Waals surface area contributed by atoms with Gasteiger partial charge in [0.25, 0.3) is 5.91 Å². The number of rotatable bonds is 7. The molecule has 158 valence electrons. The lowest BCUT2D eigenvalue weighted by Crippen LogP contribution is -2.15. The van der Waals surface area contributed by atoms with E-state index in [0.29, 0.717) is 40.7 Å². The normalized spacial score (nSPS) is 11.0. The zero-order valence-electron chi connectivity index (χ0n) is 16.7. The Labute approximate surface area is 176 Å². The molecule has 4 rings (SSSR count). The summed E-state index contributed by atoms with van der Waals surface area (Å²) in [6, 6.07) is 9.01. The van der Waals surface area contributed by atoms with Gasteiger partial charge in [0, 0.05) is 23.9 Å². The Balaban J connectivity index is 1.60. The summed E-state index contributed by atoms with van der Waals surface area (Å²) in [5.74, 6) is -0.516. The van der Waals surface area contributed by atoms with Gasteiger partial charge < -0.3 is 20.7 Å². The molecular weight excluding hydrogens is 400 g/mol. The zero-order chi connectivity index (χ0) is 22.0. The van der Waals surface area contributed by atoms with Crippen molar-refractivity contribution in [1.82, 2.24) is 19.5 Å². The first-order chi connectivity index (χ1) is 14.9. The van der Waals surface area contributed by atoms with E-state index < -0.39 is 5.97 Å². The van der Waals surface area contributed by atoms with Crippen LogP contribution in [0, 0.1) is 6.92 Å². The Morgan fingerprint density at radius 2 is 2.10 bits per heavy atom. The number of carboxylic acids is 1. The number of hydrogen-bond acceptors (Lipinski definition) is 7. The summed E-state index contributed by atoms with van der Waals surface area (Å²) >= 11 is 0. The number of carbonyl (C=O) groups is 2. The van der Waals surface area contributed by atoms with Crippen LogP contribution in [-0.2, 0) is 17.8 Å². The third-order valence-corrected chi connectivity index (χ3v) is 4.81. The molecule has 0 aliphatic carbocycles. The van der Waals surface area contributed by atoms with Gasteiger partial charge in [0.1, 0.15) is 11.3 Å². The van der Waals surface area contributed by atoms with Crippen molar-refractivity contribution in [3.63, 3.8) is 0 Å². The first-order valence-electron chi connectivity index (χ1n) is 9.57. The third kappa shape index (κ3) is 4.28. The van der Waals surface area contributed by atoms with Crippen LogP contribution in [-0.4, -0.2) is 36.5 Å². The summed E-state index contributed by atoms with van der Waals surface area (Å²) in [4.78, 5) is 32.3. The molecule has 0 radical (unpaired) electrons. The maximum absolute atomic E-state index is 13.0. The van der Waals surface area contributed by atoms with Gasteiger partial charge in [0.2, 0.25) is 11.7 Å². The Hall–Kier alpha value is -4.05. The number of carbonyl (C=O) groups excluding carboxylic acids is 1. The van der Waals surface area contributed by atoms with E-state index in [9.17, 15) is 9.59 Å². The maximum Gasteiger partial charge on any atom is 0.303 e. The minimum atomic E-state index is -0.876. The lowest BCUT2D eigenvalue weighted by molar-refractivity contribution is -0.136. The second-order valence-corrected chi connectivity index (χ2v) is 7.00. The van der Waals surface area contributed by atoms with E-state index in [4.69, 9.17) is 15.4 Å². The van der Waals surface area contributed by atoms with Crippen LogP contribution in [0.2, 0.25) is 0 Å². The molecule has 4 aromatic rings. The van der Waals surface area contributed by atoms with Crippen LogP contribution < -0.4 is 11.1 Å². The van der Waals surface area contributed by atoms with Crippen LogP contribution in [0.5, 0.6) is 0 Å². The van der Waals surface area contributed by atoms with E-state index in [-0.39, 0.29) is 18.9 Å². The summed E-state index contributed by atoms with van der Waals surface area (Å²) in [7, 11) is 0. The van der Waals surface area contributed by atoms with Crippen molar-refractivity contribution in [1.29, 1.82) is 0 Å². The van der Waals surface area contributed by atoms with Crippen LogP contribution in [0.25, 0.3) is 17.0 Å². The Kier molecular flexibility index (Phi) is 5.46. The number of aliphatic carboxylic acids is 1. The standard InChI is InChI=1S/C21H20N6O4/c1-12-2-5-14(20-25-18(9-22)31-26-20)8-15(12)24-21(30)16-10-23-17-6-3-13(11-27(16)17)4-7-19(28)29/h2-3,5-6,8,10-11H,4,7,9,22H2,1H3,(H,24,30)(H,28,29). The maximum atomic E-state index is 13.0. The highest BCUT2D eigenvalue weighted by Gasteiger charge is 2.16. The van der Waals surface area contributed by atoms with E-state index in [1.807, 2.05) is 19.1 Å². The monoisotopic (exact) mass is 420 g/mol. The van der Waals surface area contributed by atoms with Crippen molar-refractivity contribution < 1.29 is 19.2 Å². The fourth-order valence-corrected chi connectivity index (χ4v) is 3.13. The second kappa shape index (κ2) is 8.36. The van der Waals surface area contributed by atoms with Gasteiger partial charge in [0.15, 0.2) is 0 Å². The topological polar surface area (TPSA) is 149 Å². The molecule has 31 heavy (non-hydrogen) atoms. The number of fused-ring (bicyclic) bond motifs is 1. The van der Waals surface area contributed by atoms with Gasteiger partial charge in [0.05, 0.1) is 12.7 Å². The number of benzene rings is 1. The third-order valence-electron chi connectivity index (χ3n) is 4.81. The predicted octanol–water partition coefficient (Wildman–Crippen LogP) is 2.42. The number of amides is 1. The van der Waals surface area contributed by atoms with Gasteiger partial charge >= 0.3 is 5.97 Å². The molecule has 0 bridgehead atoms. The lowest BCUT2D eigenvalue weighted by Gasteiger charge is -2.10. The fraction of sp³-hybridized carbons (Fsp3) is 0.190. The van der Waals surface area contributed by atoms with Gasteiger partial charge in [-0.25, -0.2) is 4.98 Å². The molecule has 0 aliphatic rings. The quantitative estimate of drug-likeness (QED) is 0.413. The van der Waals surface area contributed by atoms with Crippen molar-refractivity contribution in [3.05, 3.63) is 65.4 Å². The van der Waals surface area contributed by atoms with Gasteiger partial charge in [-0.1, -0.05) is 23.4 Å². The molecule has 0 saturated carbocycles. The average Bonchev–Trinajstić information content (AvgIpc) is 3.40. The molecule has 10 nitrogen and oxygen atoms in total. The van der Waals surface area contributed by atoms with Crippen LogP contribution >= 0.6 is 0 Å². The summed E-state index contributed by atoms with van der Waals surface area (Å²) in [6.45, 7) is 2.02. The van der Waals surface area contributed by atoms with Crippen molar-refractivity contribution in [2.24, 2.45) is 5.73 Å². The minimum Gasteiger partial charge on any atom is -0.481 e. The number of anilines is 1. The van der Waals surface area contributed by atoms with Crippen LogP contribution in [0.4, 0.5) is 5.69 Å². The Morgan fingerprint density at radius 3 is 2.84 bits per heavy atom. The molecule has 1 aromatic carbocycles. The largest absolute Gasteiger partial charge is 0.481 e. The summed E-state index contributed by atoms with van der Waals surface area (Å²) < 4.78 is 6.70. The predicted molar refractivity (Wildman–Crippen MR) is 111 cm³/mol. The number of nitrogens with zero attached hydrogens (tertiary/aromatic N) is 4. The lowest BCUT2D eigenvalue weighted by atomic mass is 10.1. The van der Waals surface area contributed by atoms with E-state index in [1.165, 1.54) is 6.20 Å². The average molecular weight is 420 g/mol. The van der Waals surface area contributed by atoms with E-state index in [1.54, 1.807) is 28.8 Å². The number of imidazole rings is 1. The van der Waals surface area contributed by atoms with Crippen LogP contribution in [0.1, 0.15) is 33.9 Å². The zero-order valence-corrected chi connectivity index (χ0v) is 16.7. The highest BCUT2D eigenvalue weighted by Crippen LogP contribution is 2.24. The van der Waals surface area contributed by atoms with Gasteiger partial charge in [-0.2, -0.15) is 4.98 Å². The minimum absolute atomic E-state index is 0.00960. The molecule has 1 amide bonds. The number of aromatic nitrogens is 4. The summed E-state index contributed by atoms with van der Waals surface area (Å²) in [5.41, 5.74) is 9.37. The number of pyridine rings is 1. The Bertz CT molecular complexity index is 1280. The molecule has 0 unspecified atom stereocenters.